The molecule has 0 amide bonds. The number of rotatable bonds is 6. The van der Waals surface area contributed by atoms with Crippen molar-refractivity contribution >= 4 is 22.8 Å². The normalized spacial score (nSPS) is 19.5. The summed E-state index contributed by atoms with van der Waals surface area (Å²) >= 11 is 0. The lowest BCUT2D eigenvalue weighted by atomic mass is 10.2. The number of nitrogens with two attached hydrogens (primary N) is 1. The van der Waals surface area contributed by atoms with E-state index in [1.165, 1.54) is 0 Å². The van der Waals surface area contributed by atoms with Gasteiger partial charge in [0, 0.05) is 24.7 Å². The van der Waals surface area contributed by atoms with Crippen LogP contribution in [0.25, 0.3) is 11.0 Å². The van der Waals surface area contributed by atoms with E-state index < -0.39 is 0 Å². The number of likely N-dealkylation sites (tertiary alicyclic amines) is 1. The van der Waals surface area contributed by atoms with Crippen LogP contribution in [0.1, 0.15) is 18.4 Å². The van der Waals surface area contributed by atoms with E-state index in [-0.39, 0.29) is 18.5 Å². The Morgan fingerprint density at radius 2 is 2.39 bits per heavy atom. The molecule has 1 unspecified atom stereocenters. The minimum atomic E-state index is 0.0384. The van der Waals surface area contributed by atoms with E-state index in [1.54, 1.807) is 6.07 Å². The van der Waals surface area contributed by atoms with Crippen molar-refractivity contribution in [2.24, 2.45) is 10.9 Å². The van der Waals surface area contributed by atoms with E-state index in [0.29, 0.717) is 17.0 Å². The maximum atomic E-state index is 9.33. The quantitative estimate of drug-likeness (QED) is 0.229. The maximum absolute atomic E-state index is 9.33. The smallest absolute Gasteiger partial charge is 0.201 e. The fourth-order valence-corrected chi connectivity index (χ4v) is 3.09. The number of amidine groups is 1. The molecule has 0 radical (unpaired) electrons. The molecule has 23 heavy (non-hydrogen) atoms. The number of aromatic amines is 1. The number of oxime groups is 1. The number of nitrogens with zero attached hydrogens (tertiary/aromatic N) is 3. The van der Waals surface area contributed by atoms with E-state index in [9.17, 15) is 5.11 Å². The average Bonchev–Trinajstić information content (AvgIpc) is 3.19. The van der Waals surface area contributed by atoms with Crippen LogP contribution in [0, 0.1) is 0 Å². The second-order valence-corrected chi connectivity index (χ2v) is 5.71. The van der Waals surface area contributed by atoms with Crippen molar-refractivity contribution < 1.29 is 10.3 Å². The number of para-hydroxylation sites is 1. The van der Waals surface area contributed by atoms with Crippen LogP contribution < -0.4 is 11.1 Å². The third-order valence-corrected chi connectivity index (χ3v) is 4.30. The Kier molecular flexibility index (Phi) is 4.63. The van der Waals surface area contributed by atoms with Gasteiger partial charge in [-0.15, -0.1) is 0 Å². The molecule has 1 aliphatic rings. The number of H-pyrrole nitrogens is 1. The van der Waals surface area contributed by atoms with Gasteiger partial charge >= 0.3 is 0 Å². The summed E-state index contributed by atoms with van der Waals surface area (Å²) in [7, 11) is 0. The minimum absolute atomic E-state index is 0.0384. The van der Waals surface area contributed by atoms with Crippen molar-refractivity contribution in [3.05, 3.63) is 23.8 Å². The highest BCUT2D eigenvalue weighted by Gasteiger charge is 2.22. The van der Waals surface area contributed by atoms with Crippen molar-refractivity contribution in [3.63, 3.8) is 0 Å². The molecule has 124 valence electrons. The largest absolute Gasteiger partial charge is 0.409 e. The van der Waals surface area contributed by atoms with Crippen LogP contribution in [0.2, 0.25) is 0 Å². The first-order valence-electron chi connectivity index (χ1n) is 7.78. The van der Waals surface area contributed by atoms with E-state index in [0.717, 1.165) is 38.0 Å². The fraction of sp³-hybridized carbons (Fsp3) is 0.467. The van der Waals surface area contributed by atoms with Gasteiger partial charge in [0.1, 0.15) is 5.52 Å². The third-order valence-electron chi connectivity index (χ3n) is 4.30. The van der Waals surface area contributed by atoms with Crippen LogP contribution in [-0.2, 0) is 0 Å². The standard InChI is InChI=1S/C15H22N6O2/c16-14(20-23)11-4-1-5-12-13(11)19-15(18-12)17-6-8-21-7-2-3-10(21)9-22/h1,4-5,10,22-23H,2-3,6-9H2,(H2,16,20)(H2,17,18,19). The van der Waals surface area contributed by atoms with Crippen molar-refractivity contribution in [3.8, 4) is 0 Å². The van der Waals surface area contributed by atoms with Gasteiger partial charge in [-0.05, 0) is 31.5 Å². The van der Waals surface area contributed by atoms with Gasteiger partial charge in [-0.25, -0.2) is 4.98 Å². The zero-order valence-electron chi connectivity index (χ0n) is 12.9. The van der Waals surface area contributed by atoms with Gasteiger partial charge in [0.15, 0.2) is 5.84 Å². The SMILES string of the molecule is NC(=NO)c1cccc2[nH]c(NCCN3CCCC3CO)nc12. The monoisotopic (exact) mass is 318 g/mol. The number of aliphatic hydroxyl groups is 1. The molecule has 0 spiro atoms. The Bertz CT molecular complexity index is 698. The first-order valence-corrected chi connectivity index (χ1v) is 7.78. The Balaban J connectivity index is 1.67. The summed E-state index contributed by atoms with van der Waals surface area (Å²) in [5, 5.41) is 24.5. The lowest BCUT2D eigenvalue weighted by Gasteiger charge is -2.22. The molecule has 8 nitrogen and oxygen atoms in total. The van der Waals surface area contributed by atoms with Crippen molar-refractivity contribution in [1.29, 1.82) is 0 Å². The number of hydrogen-bond donors (Lipinski definition) is 5. The molecule has 0 aliphatic carbocycles. The highest BCUT2D eigenvalue weighted by molar-refractivity contribution is 6.07. The lowest BCUT2D eigenvalue weighted by Crippen LogP contribution is -2.35. The summed E-state index contributed by atoms with van der Waals surface area (Å²) in [6.45, 7) is 2.83. The molecule has 8 heteroatoms. The van der Waals surface area contributed by atoms with Crippen LogP contribution >= 0.6 is 0 Å². The molecule has 1 aromatic carbocycles. The number of benzene rings is 1. The summed E-state index contributed by atoms with van der Waals surface area (Å²) in [5.41, 5.74) is 7.76. The minimum Gasteiger partial charge on any atom is -0.409 e. The van der Waals surface area contributed by atoms with E-state index in [4.69, 9.17) is 10.9 Å². The Labute approximate surface area is 134 Å². The number of nitrogens with one attached hydrogen (secondary N) is 2. The lowest BCUT2D eigenvalue weighted by molar-refractivity contribution is 0.163. The van der Waals surface area contributed by atoms with Gasteiger partial charge in [-0.1, -0.05) is 11.2 Å². The van der Waals surface area contributed by atoms with Gasteiger partial charge < -0.3 is 26.3 Å². The zero-order chi connectivity index (χ0) is 16.2. The molecule has 0 saturated carbocycles. The number of aliphatic hydroxyl groups excluding tert-OH is 1. The first kappa shape index (κ1) is 15.6. The number of imidazole rings is 1. The molecule has 1 aromatic heterocycles. The van der Waals surface area contributed by atoms with Gasteiger partial charge in [0.05, 0.1) is 12.1 Å². The highest BCUT2D eigenvalue weighted by atomic mass is 16.4. The molecule has 1 saturated heterocycles. The van der Waals surface area contributed by atoms with Gasteiger partial charge in [-0.2, -0.15) is 0 Å². The number of aromatic nitrogens is 2. The molecular formula is C15H22N6O2. The Hall–Kier alpha value is -2.32. The third kappa shape index (κ3) is 3.22. The maximum Gasteiger partial charge on any atom is 0.201 e. The Morgan fingerprint density at radius 3 is 3.17 bits per heavy atom. The number of fused-ring (bicyclic) bond motifs is 1. The van der Waals surface area contributed by atoms with Crippen molar-refractivity contribution in [2.45, 2.75) is 18.9 Å². The van der Waals surface area contributed by atoms with Crippen molar-refractivity contribution in [2.75, 3.05) is 31.6 Å². The first-order chi connectivity index (χ1) is 11.2. The molecule has 2 heterocycles. The van der Waals surface area contributed by atoms with Crippen LogP contribution in [0.5, 0.6) is 0 Å². The second-order valence-electron chi connectivity index (χ2n) is 5.71. The molecule has 1 atom stereocenters. The van der Waals surface area contributed by atoms with Gasteiger partial charge in [0.2, 0.25) is 5.95 Å². The van der Waals surface area contributed by atoms with E-state index in [2.05, 4.69) is 25.3 Å². The summed E-state index contributed by atoms with van der Waals surface area (Å²) in [5.74, 6) is 0.689. The predicted octanol–water partition coefficient (Wildman–Crippen LogP) is 0.526. The number of anilines is 1. The van der Waals surface area contributed by atoms with Gasteiger partial charge in [-0.3, -0.25) is 4.90 Å². The summed E-state index contributed by atoms with van der Waals surface area (Å²) in [6.07, 6.45) is 2.20. The van der Waals surface area contributed by atoms with E-state index >= 15 is 0 Å². The zero-order valence-corrected chi connectivity index (χ0v) is 12.9. The summed E-state index contributed by atoms with van der Waals surface area (Å²) in [4.78, 5) is 9.95. The van der Waals surface area contributed by atoms with Gasteiger partial charge in [0.25, 0.3) is 0 Å². The van der Waals surface area contributed by atoms with Crippen LogP contribution in [0.4, 0.5) is 5.95 Å². The molecule has 1 aliphatic heterocycles. The number of hydrogen-bond acceptors (Lipinski definition) is 6. The van der Waals surface area contributed by atoms with Crippen molar-refractivity contribution in [1.82, 2.24) is 14.9 Å². The van der Waals surface area contributed by atoms with Crippen LogP contribution in [-0.4, -0.2) is 63.3 Å². The predicted molar refractivity (Wildman–Crippen MR) is 88.8 cm³/mol. The van der Waals surface area contributed by atoms with E-state index in [1.807, 2.05) is 12.1 Å². The molecule has 0 bridgehead atoms. The fourth-order valence-electron chi connectivity index (χ4n) is 3.09. The topological polar surface area (TPSA) is 123 Å². The molecule has 6 N–H and O–H groups in total. The average molecular weight is 318 g/mol. The summed E-state index contributed by atoms with van der Waals surface area (Å²) in [6, 6.07) is 5.76. The Morgan fingerprint density at radius 1 is 1.52 bits per heavy atom. The molecule has 3 rings (SSSR count). The second kappa shape index (κ2) is 6.84. The van der Waals surface area contributed by atoms with Crippen LogP contribution in [0.3, 0.4) is 0 Å². The molecule has 1 fully saturated rings. The van der Waals surface area contributed by atoms with Crippen LogP contribution in [0.15, 0.2) is 23.4 Å². The molecule has 2 aromatic rings. The highest BCUT2D eigenvalue weighted by Crippen LogP contribution is 2.19. The summed E-state index contributed by atoms with van der Waals surface area (Å²) < 4.78 is 0. The molecular weight excluding hydrogens is 296 g/mol.